The van der Waals surface area contributed by atoms with Crippen LogP contribution in [0.3, 0.4) is 0 Å². The summed E-state index contributed by atoms with van der Waals surface area (Å²) >= 11 is 0. The maximum Gasteiger partial charge on any atom is 0.222 e. The molecule has 1 aliphatic heterocycles. The number of rotatable bonds is 0. The Morgan fingerprint density at radius 3 is 2.50 bits per heavy atom. The van der Waals surface area contributed by atoms with E-state index in [1.165, 1.54) is 32.1 Å². The molecule has 3 heteroatoms. The highest BCUT2D eigenvalue weighted by molar-refractivity contribution is 5.77. The van der Waals surface area contributed by atoms with Crippen LogP contribution in [0.5, 0.6) is 0 Å². The number of likely N-dealkylation sites (tertiary alicyclic amines) is 1. The maximum atomic E-state index is 12.1. The van der Waals surface area contributed by atoms with Crippen molar-refractivity contribution in [2.45, 2.75) is 77.4 Å². The van der Waals surface area contributed by atoms with Crippen molar-refractivity contribution in [3.05, 3.63) is 0 Å². The average molecular weight is 305 g/mol. The van der Waals surface area contributed by atoms with Gasteiger partial charge in [-0.2, -0.15) is 0 Å². The Morgan fingerprint density at radius 2 is 1.73 bits per heavy atom. The van der Waals surface area contributed by atoms with E-state index in [0.29, 0.717) is 23.3 Å². The summed E-state index contributed by atoms with van der Waals surface area (Å²) in [6, 6.07) is 0.450. The lowest BCUT2D eigenvalue weighted by atomic mass is 9.47. The highest BCUT2D eigenvalue weighted by Gasteiger charge is 2.60. The molecule has 1 N–H and O–H groups in total. The third-order valence-electron chi connectivity index (χ3n) is 8.51. The zero-order valence-corrected chi connectivity index (χ0v) is 14.3. The van der Waals surface area contributed by atoms with Crippen molar-refractivity contribution in [1.82, 2.24) is 4.90 Å². The molecule has 0 aromatic carbocycles. The summed E-state index contributed by atoms with van der Waals surface area (Å²) in [6.07, 6.45) is 8.81. The minimum atomic E-state index is -0.0837. The van der Waals surface area contributed by atoms with E-state index < -0.39 is 0 Å². The van der Waals surface area contributed by atoms with E-state index in [1.54, 1.807) is 0 Å². The lowest BCUT2D eigenvalue weighted by molar-refractivity contribution is -0.159. The van der Waals surface area contributed by atoms with E-state index in [0.717, 1.165) is 31.1 Å². The molecule has 1 amide bonds. The summed E-state index contributed by atoms with van der Waals surface area (Å²) in [6.45, 7) is 4.81. The number of carbonyl (C=O) groups is 1. The number of hydrogen-bond acceptors (Lipinski definition) is 2. The van der Waals surface area contributed by atoms with Crippen LogP contribution in [0.25, 0.3) is 0 Å². The van der Waals surface area contributed by atoms with Gasteiger partial charge in [-0.05, 0) is 73.5 Å². The van der Waals surface area contributed by atoms with Crippen LogP contribution in [0.4, 0.5) is 0 Å². The van der Waals surface area contributed by atoms with E-state index in [4.69, 9.17) is 0 Å². The Kier molecular flexibility index (Phi) is 3.21. The van der Waals surface area contributed by atoms with Gasteiger partial charge in [0.15, 0.2) is 0 Å². The summed E-state index contributed by atoms with van der Waals surface area (Å²) in [4.78, 5) is 14.2. The van der Waals surface area contributed by atoms with Crippen LogP contribution in [0.15, 0.2) is 0 Å². The lowest BCUT2D eigenvalue weighted by Gasteiger charge is -2.61. The van der Waals surface area contributed by atoms with Crippen LogP contribution in [0.2, 0.25) is 0 Å². The third-order valence-corrected chi connectivity index (χ3v) is 8.51. The minimum Gasteiger partial charge on any atom is -0.393 e. The van der Waals surface area contributed by atoms with Crippen LogP contribution in [0.1, 0.15) is 65.2 Å². The summed E-state index contributed by atoms with van der Waals surface area (Å²) in [5, 5.41) is 10.5. The predicted octanol–water partition coefficient (Wildman–Crippen LogP) is 3.21. The van der Waals surface area contributed by atoms with Gasteiger partial charge in [-0.3, -0.25) is 4.79 Å². The first-order chi connectivity index (χ1) is 10.4. The van der Waals surface area contributed by atoms with Gasteiger partial charge in [0.25, 0.3) is 0 Å². The Bertz CT molecular complexity index is 492. The summed E-state index contributed by atoms with van der Waals surface area (Å²) in [5.74, 6) is 2.59. The fraction of sp³-hybridized carbons (Fsp3) is 0.947. The van der Waals surface area contributed by atoms with Crippen molar-refractivity contribution < 1.29 is 9.90 Å². The van der Waals surface area contributed by atoms with E-state index in [-0.39, 0.29) is 11.5 Å². The van der Waals surface area contributed by atoms with E-state index in [1.807, 2.05) is 7.05 Å². The van der Waals surface area contributed by atoms with Crippen LogP contribution < -0.4 is 0 Å². The molecule has 0 bridgehead atoms. The van der Waals surface area contributed by atoms with E-state index >= 15 is 0 Å². The molecule has 0 spiro atoms. The number of piperidine rings is 1. The van der Waals surface area contributed by atoms with Crippen LogP contribution in [-0.2, 0) is 4.79 Å². The van der Waals surface area contributed by atoms with Gasteiger partial charge in [-0.1, -0.05) is 13.8 Å². The van der Waals surface area contributed by atoms with Crippen molar-refractivity contribution in [1.29, 1.82) is 0 Å². The Morgan fingerprint density at radius 1 is 1.00 bits per heavy atom. The second kappa shape index (κ2) is 4.72. The number of aliphatic hydroxyl groups is 1. The SMILES string of the molecule is CN1C(=O)CC[C@]2(C)[C@H]3CC[C@]4(C)C(O)CC[C@H]4[C@@H]3CC[C@@H]12. The largest absolute Gasteiger partial charge is 0.393 e. The number of hydrogen-bond donors (Lipinski definition) is 1. The summed E-state index contributed by atoms with van der Waals surface area (Å²) < 4.78 is 0. The van der Waals surface area contributed by atoms with Crippen LogP contribution in [0, 0.1) is 28.6 Å². The fourth-order valence-electron chi connectivity index (χ4n) is 7.12. The van der Waals surface area contributed by atoms with Gasteiger partial charge in [-0.25, -0.2) is 0 Å². The second-order valence-corrected chi connectivity index (χ2v) is 9.12. The molecule has 1 heterocycles. The highest BCUT2D eigenvalue weighted by atomic mass is 16.3. The van der Waals surface area contributed by atoms with Gasteiger partial charge in [0.1, 0.15) is 0 Å². The number of fused-ring (bicyclic) bond motifs is 5. The molecule has 1 unspecified atom stereocenters. The number of nitrogens with zero attached hydrogens (tertiary/aromatic N) is 1. The predicted molar refractivity (Wildman–Crippen MR) is 86.2 cm³/mol. The Hall–Kier alpha value is -0.570. The quantitative estimate of drug-likeness (QED) is 0.746. The number of carbonyl (C=O) groups excluding carboxylic acids is 1. The number of amides is 1. The van der Waals surface area contributed by atoms with Crippen molar-refractivity contribution in [2.75, 3.05) is 7.05 Å². The normalized spacial score (nSPS) is 54.6. The van der Waals surface area contributed by atoms with Gasteiger partial charge < -0.3 is 10.0 Å². The Balaban J connectivity index is 1.65. The van der Waals surface area contributed by atoms with Crippen LogP contribution in [-0.4, -0.2) is 35.1 Å². The van der Waals surface area contributed by atoms with Gasteiger partial charge in [-0.15, -0.1) is 0 Å². The molecule has 4 rings (SSSR count). The van der Waals surface area contributed by atoms with E-state index in [9.17, 15) is 9.90 Å². The molecule has 0 radical (unpaired) electrons. The Labute approximate surface area is 134 Å². The zero-order chi connectivity index (χ0) is 15.7. The molecule has 3 saturated carbocycles. The van der Waals surface area contributed by atoms with Gasteiger partial charge in [0, 0.05) is 19.5 Å². The zero-order valence-electron chi connectivity index (χ0n) is 14.3. The third kappa shape index (κ3) is 1.75. The molecule has 0 aromatic heterocycles. The molecular weight excluding hydrogens is 274 g/mol. The summed E-state index contributed by atoms with van der Waals surface area (Å²) in [5.41, 5.74) is 0.473. The smallest absolute Gasteiger partial charge is 0.222 e. The van der Waals surface area contributed by atoms with Crippen molar-refractivity contribution >= 4 is 5.91 Å². The first-order valence-electron chi connectivity index (χ1n) is 9.31. The molecule has 7 atom stereocenters. The minimum absolute atomic E-state index is 0.0837. The molecule has 3 aliphatic carbocycles. The van der Waals surface area contributed by atoms with Crippen molar-refractivity contribution in [2.24, 2.45) is 28.6 Å². The molecule has 4 aliphatic rings. The van der Waals surface area contributed by atoms with Crippen LogP contribution >= 0.6 is 0 Å². The second-order valence-electron chi connectivity index (χ2n) is 9.12. The first kappa shape index (κ1) is 15.0. The van der Waals surface area contributed by atoms with Crippen molar-refractivity contribution in [3.63, 3.8) is 0 Å². The number of aliphatic hydroxyl groups excluding tert-OH is 1. The lowest BCUT2D eigenvalue weighted by Crippen LogP contribution is -2.61. The van der Waals surface area contributed by atoms with Gasteiger partial charge in [0.05, 0.1) is 6.10 Å². The molecule has 22 heavy (non-hydrogen) atoms. The molecule has 1 saturated heterocycles. The maximum absolute atomic E-state index is 12.1. The first-order valence-corrected chi connectivity index (χ1v) is 9.31. The molecule has 0 aromatic rings. The van der Waals surface area contributed by atoms with Crippen molar-refractivity contribution in [3.8, 4) is 0 Å². The molecule has 3 nitrogen and oxygen atoms in total. The molecular formula is C19H31NO2. The topological polar surface area (TPSA) is 40.5 Å². The fourth-order valence-corrected chi connectivity index (χ4v) is 7.12. The monoisotopic (exact) mass is 305 g/mol. The van der Waals surface area contributed by atoms with Gasteiger partial charge in [0.2, 0.25) is 5.91 Å². The molecule has 124 valence electrons. The standard InChI is InChI=1S/C19H31NO2/c1-18-11-9-17(22)20(3)15(18)6-4-12-13-5-7-16(21)19(13,2)10-8-14(12)18/h12-16,21H,4-11H2,1-3H3/t12-,13-,14-,15+,16?,18+,19-/m0/s1. The van der Waals surface area contributed by atoms with Gasteiger partial charge >= 0.3 is 0 Å². The summed E-state index contributed by atoms with van der Waals surface area (Å²) in [7, 11) is 2.02. The molecule has 4 fully saturated rings. The average Bonchev–Trinajstić information content (AvgIpc) is 2.79. The highest BCUT2D eigenvalue weighted by Crippen LogP contribution is 2.64. The van der Waals surface area contributed by atoms with E-state index in [2.05, 4.69) is 18.7 Å².